The van der Waals surface area contributed by atoms with Crippen LogP contribution >= 0.6 is 0 Å². The van der Waals surface area contributed by atoms with Crippen molar-refractivity contribution in [3.8, 4) is 11.5 Å². The smallest absolute Gasteiger partial charge is 0.170 e. The van der Waals surface area contributed by atoms with E-state index in [-0.39, 0.29) is 23.5 Å². The van der Waals surface area contributed by atoms with Gasteiger partial charge in [0.2, 0.25) is 0 Å². The number of benzene rings is 4. The van der Waals surface area contributed by atoms with Crippen LogP contribution in [-0.2, 0) is 0 Å². The Kier molecular flexibility index (Phi) is 5.85. The van der Waals surface area contributed by atoms with Crippen molar-refractivity contribution < 1.29 is 14.3 Å². The third-order valence-electron chi connectivity index (χ3n) is 8.10. The van der Waals surface area contributed by atoms with E-state index in [1.165, 1.54) is 22.3 Å². The zero-order valence-corrected chi connectivity index (χ0v) is 20.7. The zero-order valence-electron chi connectivity index (χ0n) is 20.7. The van der Waals surface area contributed by atoms with Gasteiger partial charge < -0.3 is 9.47 Å². The Labute approximate surface area is 212 Å². The molecule has 0 saturated heterocycles. The molecule has 36 heavy (non-hydrogen) atoms. The van der Waals surface area contributed by atoms with Crippen molar-refractivity contribution in [3.05, 3.63) is 130 Å². The van der Waals surface area contributed by atoms with Crippen molar-refractivity contribution >= 4 is 5.78 Å². The molecule has 0 aromatic heterocycles. The molecule has 0 heterocycles. The summed E-state index contributed by atoms with van der Waals surface area (Å²) in [6, 6.07) is 33.0. The summed E-state index contributed by atoms with van der Waals surface area (Å²) in [7, 11) is 3.41. The third kappa shape index (κ3) is 3.62. The van der Waals surface area contributed by atoms with Crippen LogP contribution in [0.15, 0.2) is 97.1 Å². The van der Waals surface area contributed by atoms with E-state index < -0.39 is 0 Å². The number of hydrogen-bond donors (Lipinski definition) is 0. The predicted octanol–water partition coefficient (Wildman–Crippen LogP) is 7.48. The van der Waals surface area contributed by atoms with Gasteiger partial charge in [-0.2, -0.15) is 0 Å². The first-order valence-corrected chi connectivity index (χ1v) is 12.7. The van der Waals surface area contributed by atoms with Crippen LogP contribution in [0.25, 0.3) is 0 Å². The van der Waals surface area contributed by atoms with Crippen molar-refractivity contribution in [2.45, 2.75) is 36.5 Å². The Hall–Kier alpha value is -3.85. The standard InChI is InChI=1S/C33H30O3/c1-35-28-20-27-29-24(19-26(31(29)33(28)36-2)22-14-8-4-9-15-22)18-25(21-12-6-3-7-13-21)30(27)32(34)23-16-10-5-11-17-23/h3-17,20,24-26,30H,18-19H2,1-2H3/t24-,25-,26+,30-/m0/s1. The molecule has 0 amide bonds. The second kappa shape index (κ2) is 9.31. The second-order valence-corrected chi connectivity index (χ2v) is 9.89. The van der Waals surface area contributed by atoms with E-state index >= 15 is 0 Å². The van der Waals surface area contributed by atoms with Crippen LogP contribution in [0.1, 0.15) is 74.7 Å². The van der Waals surface area contributed by atoms with E-state index in [9.17, 15) is 4.79 Å². The van der Waals surface area contributed by atoms with Crippen LogP contribution in [0.3, 0.4) is 0 Å². The number of carbonyl (C=O) groups is 1. The van der Waals surface area contributed by atoms with Crippen LogP contribution in [0.4, 0.5) is 0 Å². The maximum atomic E-state index is 14.2. The summed E-state index contributed by atoms with van der Waals surface area (Å²) in [5, 5.41) is 0. The fourth-order valence-electron chi connectivity index (χ4n) is 6.63. The van der Waals surface area contributed by atoms with Crippen molar-refractivity contribution in [1.82, 2.24) is 0 Å². The average Bonchev–Trinajstić information content (AvgIpc) is 3.34. The minimum absolute atomic E-state index is 0.0943. The van der Waals surface area contributed by atoms with Crippen LogP contribution in [-0.4, -0.2) is 20.0 Å². The molecule has 0 radical (unpaired) electrons. The number of ketones is 1. The number of Topliss-reactive ketones (excluding diaryl/α,β-unsaturated/α-hetero) is 1. The Bertz CT molecular complexity index is 1380. The van der Waals surface area contributed by atoms with Gasteiger partial charge >= 0.3 is 0 Å². The Morgan fingerprint density at radius 3 is 1.94 bits per heavy atom. The van der Waals surface area contributed by atoms with E-state index in [0.29, 0.717) is 11.7 Å². The molecule has 4 aromatic carbocycles. The van der Waals surface area contributed by atoms with Gasteiger partial charge in [-0.15, -0.1) is 0 Å². The predicted molar refractivity (Wildman–Crippen MR) is 143 cm³/mol. The summed E-state index contributed by atoms with van der Waals surface area (Å²) >= 11 is 0. The highest BCUT2D eigenvalue weighted by Crippen LogP contribution is 2.61. The van der Waals surface area contributed by atoms with Gasteiger partial charge in [-0.1, -0.05) is 91.0 Å². The van der Waals surface area contributed by atoms with Crippen molar-refractivity contribution in [2.75, 3.05) is 14.2 Å². The minimum Gasteiger partial charge on any atom is -0.493 e. The molecular formula is C33H30O3. The molecule has 180 valence electrons. The lowest BCUT2D eigenvalue weighted by Gasteiger charge is -2.37. The maximum Gasteiger partial charge on any atom is 0.170 e. The quantitative estimate of drug-likeness (QED) is 0.272. The fourth-order valence-corrected chi connectivity index (χ4v) is 6.63. The number of methoxy groups -OCH3 is 2. The van der Waals surface area contributed by atoms with Gasteiger partial charge in [0.1, 0.15) is 0 Å². The molecule has 6 rings (SSSR count). The number of rotatable bonds is 6. The Balaban J connectivity index is 1.60. The first kappa shape index (κ1) is 22.6. The normalized spacial score (nSPS) is 22.1. The van der Waals surface area contributed by atoms with Crippen LogP contribution in [0, 0.1) is 0 Å². The summed E-state index contributed by atoms with van der Waals surface area (Å²) < 4.78 is 11.9. The van der Waals surface area contributed by atoms with Gasteiger partial charge in [-0.05, 0) is 53.0 Å². The summed E-state index contributed by atoms with van der Waals surface area (Å²) in [6.07, 6.45) is 1.94. The highest BCUT2D eigenvalue weighted by atomic mass is 16.5. The molecule has 0 bridgehead atoms. The number of carbonyl (C=O) groups excluding carboxylic acids is 1. The molecular weight excluding hydrogens is 444 g/mol. The average molecular weight is 475 g/mol. The molecule has 0 fully saturated rings. The first-order chi connectivity index (χ1) is 17.7. The second-order valence-electron chi connectivity index (χ2n) is 9.89. The molecule has 4 atom stereocenters. The number of hydrogen-bond acceptors (Lipinski definition) is 3. The van der Waals surface area contributed by atoms with Crippen LogP contribution in [0.5, 0.6) is 11.5 Å². The van der Waals surface area contributed by atoms with Crippen LogP contribution < -0.4 is 9.47 Å². The molecule has 2 aliphatic rings. The monoisotopic (exact) mass is 474 g/mol. The number of ether oxygens (including phenoxy) is 2. The molecule has 0 aliphatic heterocycles. The molecule has 0 saturated carbocycles. The van der Waals surface area contributed by atoms with Gasteiger partial charge in [0.05, 0.1) is 20.1 Å². The Morgan fingerprint density at radius 2 is 1.33 bits per heavy atom. The summed E-state index contributed by atoms with van der Waals surface area (Å²) in [6.45, 7) is 0. The van der Waals surface area contributed by atoms with Crippen molar-refractivity contribution in [3.63, 3.8) is 0 Å². The van der Waals surface area contributed by atoms with Gasteiger partial charge in [0.15, 0.2) is 17.3 Å². The minimum atomic E-state index is -0.283. The topological polar surface area (TPSA) is 35.5 Å². The van der Waals surface area contributed by atoms with Crippen LogP contribution in [0.2, 0.25) is 0 Å². The molecule has 0 spiro atoms. The van der Waals surface area contributed by atoms with E-state index in [0.717, 1.165) is 29.7 Å². The first-order valence-electron chi connectivity index (χ1n) is 12.7. The van der Waals surface area contributed by atoms with E-state index in [1.807, 2.05) is 36.4 Å². The fraction of sp³-hybridized carbons (Fsp3) is 0.242. The third-order valence-corrected chi connectivity index (χ3v) is 8.10. The highest BCUT2D eigenvalue weighted by molar-refractivity contribution is 6.02. The summed E-state index contributed by atoms with van der Waals surface area (Å²) in [5.74, 6) is 2.04. The Morgan fingerprint density at radius 1 is 0.722 bits per heavy atom. The summed E-state index contributed by atoms with van der Waals surface area (Å²) in [5.41, 5.74) is 6.84. The molecule has 0 N–H and O–H groups in total. The van der Waals surface area contributed by atoms with Gasteiger partial charge in [0.25, 0.3) is 0 Å². The molecule has 2 aliphatic carbocycles. The largest absolute Gasteiger partial charge is 0.493 e. The highest BCUT2D eigenvalue weighted by Gasteiger charge is 2.47. The lowest BCUT2D eigenvalue weighted by atomic mass is 9.66. The van der Waals surface area contributed by atoms with Crippen molar-refractivity contribution in [2.24, 2.45) is 0 Å². The van der Waals surface area contributed by atoms with Gasteiger partial charge in [-0.25, -0.2) is 0 Å². The molecule has 0 unspecified atom stereocenters. The van der Waals surface area contributed by atoms with Gasteiger partial charge in [0, 0.05) is 17.0 Å². The van der Waals surface area contributed by atoms with E-state index in [4.69, 9.17) is 9.47 Å². The maximum absolute atomic E-state index is 14.2. The zero-order chi connectivity index (χ0) is 24.6. The lowest BCUT2D eigenvalue weighted by Crippen LogP contribution is -2.28. The van der Waals surface area contributed by atoms with Crippen molar-refractivity contribution in [1.29, 1.82) is 0 Å². The lowest BCUT2D eigenvalue weighted by molar-refractivity contribution is 0.0937. The van der Waals surface area contributed by atoms with Gasteiger partial charge in [-0.3, -0.25) is 4.79 Å². The van der Waals surface area contributed by atoms with E-state index in [2.05, 4.69) is 60.7 Å². The van der Waals surface area contributed by atoms with E-state index in [1.54, 1.807) is 14.2 Å². The SMILES string of the molecule is COc1cc2c3c(c1OC)[C@@H](c1ccccc1)C[C@@H]3C[C@@H](c1ccccc1)[C@@H]2C(=O)c1ccccc1. The molecule has 3 heteroatoms. The molecule has 3 nitrogen and oxygen atoms in total. The molecule has 4 aromatic rings. The summed E-state index contributed by atoms with van der Waals surface area (Å²) in [4.78, 5) is 14.2.